The molecular formula is C25H26ClNO5S. The average Bonchev–Trinajstić information content (AvgIpc) is 3.08. The van der Waals surface area contributed by atoms with Gasteiger partial charge in [0.25, 0.3) is 0 Å². The van der Waals surface area contributed by atoms with E-state index in [0.29, 0.717) is 38.9 Å². The Balaban J connectivity index is 2.22. The Hall–Kier alpha value is -2.77. The molecule has 2 aromatic heterocycles. The van der Waals surface area contributed by atoms with Gasteiger partial charge in [-0.05, 0) is 63.1 Å². The van der Waals surface area contributed by atoms with Crippen molar-refractivity contribution >= 4 is 46.6 Å². The molecule has 1 aromatic carbocycles. The monoisotopic (exact) mass is 487 g/mol. The third-order valence-corrected chi connectivity index (χ3v) is 6.32. The molecule has 0 fully saturated rings. The minimum atomic E-state index is -0.522. The van der Waals surface area contributed by atoms with Gasteiger partial charge in [0, 0.05) is 22.5 Å². The highest BCUT2D eigenvalue weighted by molar-refractivity contribution is 7.99. The van der Waals surface area contributed by atoms with E-state index in [2.05, 4.69) is 0 Å². The maximum absolute atomic E-state index is 13.7. The predicted molar refractivity (Wildman–Crippen MR) is 130 cm³/mol. The molecule has 0 saturated carbocycles. The SMILES string of the molecule is CCOC(=O)CCSc1c(C(=O)c2ccc(Cl)cc2)c2c(C)cc(C)cn2c1C(=O)OCC. The van der Waals surface area contributed by atoms with Gasteiger partial charge in [0.2, 0.25) is 0 Å². The Bertz CT molecular complexity index is 1200. The number of hydrogen-bond acceptors (Lipinski definition) is 6. The van der Waals surface area contributed by atoms with Gasteiger partial charge in [0.05, 0.1) is 35.6 Å². The highest BCUT2D eigenvalue weighted by Gasteiger charge is 2.30. The fraction of sp³-hybridized carbons (Fsp3) is 0.320. The van der Waals surface area contributed by atoms with Gasteiger partial charge in [-0.1, -0.05) is 17.7 Å². The molecule has 0 atom stereocenters. The van der Waals surface area contributed by atoms with Crippen molar-refractivity contribution in [3.05, 3.63) is 69.5 Å². The van der Waals surface area contributed by atoms with Gasteiger partial charge in [0.15, 0.2) is 5.78 Å². The molecule has 0 aliphatic carbocycles. The van der Waals surface area contributed by atoms with E-state index in [-0.39, 0.29) is 30.5 Å². The number of ether oxygens (including phenoxy) is 2. The number of benzene rings is 1. The second-order valence-corrected chi connectivity index (χ2v) is 8.97. The number of aromatic nitrogens is 1. The molecule has 2 heterocycles. The molecular weight excluding hydrogens is 462 g/mol. The van der Waals surface area contributed by atoms with Crippen LogP contribution >= 0.6 is 23.4 Å². The number of ketones is 1. The summed E-state index contributed by atoms with van der Waals surface area (Å²) in [7, 11) is 0. The molecule has 0 amide bonds. The summed E-state index contributed by atoms with van der Waals surface area (Å²) >= 11 is 7.29. The van der Waals surface area contributed by atoms with E-state index in [9.17, 15) is 14.4 Å². The number of thioether (sulfide) groups is 1. The number of esters is 2. The fourth-order valence-corrected chi connectivity index (χ4v) is 4.94. The second kappa shape index (κ2) is 10.9. The lowest BCUT2D eigenvalue weighted by molar-refractivity contribution is -0.142. The molecule has 0 spiro atoms. The lowest BCUT2D eigenvalue weighted by Crippen LogP contribution is -2.10. The molecule has 0 N–H and O–H groups in total. The minimum absolute atomic E-state index is 0.152. The largest absolute Gasteiger partial charge is 0.466 e. The Morgan fingerprint density at radius 2 is 1.70 bits per heavy atom. The summed E-state index contributed by atoms with van der Waals surface area (Å²) in [6.45, 7) is 7.81. The maximum Gasteiger partial charge on any atom is 0.356 e. The summed E-state index contributed by atoms with van der Waals surface area (Å²) in [5, 5.41) is 0.524. The Labute approximate surface area is 202 Å². The molecule has 33 heavy (non-hydrogen) atoms. The van der Waals surface area contributed by atoms with Gasteiger partial charge in [-0.15, -0.1) is 11.8 Å². The third-order valence-electron chi connectivity index (χ3n) is 4.97. The number of halogens is 1. The van der Waals surface area contributed by atoms with Crippen LogP contribution in [0, 0.1) is 13.8 Å². The van der Waals surface area contributed by atoms with Gasteiger partial charge in [-0.2, -0.15) is 0 Å². The van der Waals surface area contributed by atoms with Crippen LogP contribution in [0.15, 0.2) is 41.4 Å². The van der Waals surface area contributed by atoms with Crippen molar-refractivity contribution in [1.82, 2.24) is 4.40 Å². The first-order valence-electron chi connectivity index (χ1n) is 10.7. The number of aryl methyl sites for hydroxylation is 2. The third kappa shape index (κ3) is 5.42. The van der Waals surface area contributed by atoms with Crippen molar-refractivity contribution in [2.45, 2.75) is 39.0 Å². The van der Waals surface area contributed by atoms with Crippen LogP contribution in [-0.4, -0.2) is 41.1 Å². The van der Waals surface area contributed by atoms with Crippen LogP contribution in [0.5, 0.6) is 0 Å². The van der Waals surface area contributed by atoms with E-state index in [4.69, 9.17) is 21.1 Å². The number of rotatable bonds is 9. The quantitative estimate of drug-likeness (QED) is 0.220. The van der Waals surface area contributed by atoms with Crippen LogP contribution in [0.3, 0.4) is 0 Å². The lowest BCUT2D eigenvalue weighted by Gasteiger charge is -2.08. The zero-order chi connectivity index (χ0) is 24.1. The topological polar surface area (TPSA) is 74.1 Å². The Morgan fingerprint density at radius 3 is 2.33 bits per heavy atom. The molecule has 3 aromatic rings. The summed E-state index contributed by atoms with van der Waals surface area (Å²) < 4.78 is 12.1. The normalized spacial score (nSPS) is 10.9. The minimum Gasteiger partial charge on any atom is -0.466 e. The van der Waals surface area contributed by atoms with Crippen molar-refractivity contribution in [2.75, 3.05) is 19.0 Å². The number of pyridine rings is 1. The highest BCUT2D eigenvalue weighted by atomic mass is 35.5. The molecule has 0 aliphatic rings. The predicted octanol–water partition coefficient (Wildman–Crippen LogP) is 5.66. The summed E-state index contributed by atoms with van der Waals surface area (Å²) in [5.41, 5.74) is 3.58. The van der Waals surface area contributed by atoms with E-state index in [0.717, 1.165) is 11.1 Å². The van der Waals surface area contributed by atoms with Crippen molar-refractivity contribution in [3.8, 4) is 0 Å². The van der Waals surface area contributed by atoms with Gasteiger partial charge in [-0.3, -0.25) is 9.59 Å². The molecule has 0 aliphatic heterocycles. The molecule has 174 valence electrons. The average molecular weight is 488 g/mol. The highest BCUT2D eigenvalue weighted by Crippen LogP contribution is 2.37. The van der Waals surface area contributed by atoms with Crippen molar-refractivity contribution in [3.63, 3.8) is 0 Å². The van der Waals surface area contributed by atoms with Crippen LogP contribution < -0.4 is 0 Å². The second-order valence-electron chi connectivity index (χ2n) is 7.43. The van der Waals surface area contributed by atoms with Crippen LogP contribution in [0.1, 0.15) is 57.8 Å². The maximum atomic E-state index is 13.7. The zero-order valence-corrected chi connectivity index (χ0v) is 20.6. The molecule has 0 bridgehead atoms. The van der Waals surface area contributed by atoms with E-state index in [1.165, 1.54) is 11.8 Å². The number of fused-ring (bicyclic) bond motifs is 1. The van der Waals surface area contributed by atoms with Gasteiger partial charge < -0.3 is 13.9 Å². The molecule has 3 rings (SSSR count). The number of nitrogens with zero attached hydrogens (tertiary/aromatic N) is 1. The summed E-state index contributed by atoms with van der Waals surface area (Å²) in [6.07, 6.45) is 1.97. The number of carbonyl (C=O) groups is 3. The first-order chi connectivity index (χ1) is 15.8. The molecule has 8 heteroatoms. The van der Waals surface area contributed by atoms with Crippen molar-refractivity contribution in [2.24, 2.45) is 0 Å². The van der Waals surface area contributed by atoms with Gasteiger partial charge in [-0.25, -0.2) is 4.79 Å². The Morgan fingerprint density at radius 1 is 1.03 bits per heavy atom. The van der Waals surface area contributed by atoms with Gasteiger partial charge >= 0.3 is 11.9 Å². The van der Waals surface area contributed by atoms with E-state index in [1.807, 2.05) is 26.1 Å². The van der Waals surface area contributed by atoms with Crippen LogP contribution in [0.4, 0.5) is 0 Å². The number of hydrogen-bond donors (Lipinski definition) is 0. The van der Waals surface area contributed by atoms with Crippen LogP contribution in [0.25, 0.3) is 5.52 Å². The van der Waals surface area contributed by atoms with Crippen molar-refractivity contribution in [1.29, 1.82) is 0 Å². The summed E-state index contributed by atoms with van der Waals surface area (Å²) in [6, 6.07) is 8.60. The van der Waals surface area contributed by atoms with E-state index in [1.54, 1.807) is 42.5 Å². The molecule has 0 saturated heterocycles. The van der Waals surface area contributed by atoms with Crippen LogP contribution in [-0.2, 0) is 14.3 Å². The molecule has 0 unspecified atom stereocenters. The fourth-order valence-electron chi connectivity index (χ4n) is 3.69. The van der Waals surface area contributed by atoms with Crippen LogP contribution in [0.2, 0.25) is 5.02 Å². The standard InChI is InChI=1S/C25H26ClNO5S/c1-5-31-19(28)11-12-33-24-20(23(29)17-7-9-18(26)10-8-17)21-16(4)13-15(3)14-27(21)22(24)25(30)32-6-2/h7-10,13-14H,5-6,11-12H2,1-4H3. The van der Waals surface area contributed by atoms with E-state index < -0.39 is 5.97 Å². The molecule has 6 nitrogen and oxygen atoms in total. The summed E-state index contributed by atoms with van der Waals surface area (Å²) in [4.78, 5) is 39.1. The Kier molecular flexibility index (Phi) is 8.21. The first kappa shape index (κ1) is 24.9. The van der Waals surface area contributed by atoms with Crippen molar-refractivity contribution < 1.29 is 23.9 Å². The zero-order valence-electron chi connectivity index (χ0n) is 19.1. The summed E-state index contributed by atoms with van der Waals surface area (Å²) in [5.74, 6) is -0.734. The van der Waals surface area contributed by atoms with Gasteiger partial charge in [0.1, 0.15) is 5.69 Å². The smallest absolute Gasteiger partial charge is 0.356 e. The number of carbonyl (C=O) groups excluding carboxylic acids is 3. The first-order valence-corrected chi connectivity index (χ1v) is 12.1. The molecule has 0 radical (unpaired) electrons. The van der Waals surface area contributed by atoms with E-state index >= 15 is 0 Å². The lowest BCUT2D eigenvalue weighted by atomic mass is 10.0.